The quantitative estimate of drug-likeness (QED) is 0.813. The molecule has 19 heavy (non-hydrogen) atoms. The summed E-state index contributed by atoms with van der Waals surface area (Å²) in [5, 5.41) is 3.02. The summed E-state index contributed by atoms with van der Waals surface area (Å²) < 4.78 is 10.6. The van der Waals surface area contributed by atoms with Crippen LogP contribution in [0.15, 0.2) is 18.2 Å². The van der Waals surface area contributed by atoms with Crippen molar-refractivity contribution in [1.29, 1.82) is 0 Å². The van der Waals surface area contributed by atoms with Gasteiger partial charge in [-0.3, -0.25) is 4.79 Å². The second-order valence-corrected chi connectivity index (χ2v) is 5.13. The van der Waals surface area contributed by atoms with E-state index >= 15 is 0 Å². The van der Waals surface area contributed by atoms with E-state index in [4.69, 9.17) is 15.2 Å². The van der Waals surface area contributed by atoms with Gasteiger partial charge in [0, 0.05) is 23.9 Å². The van der Waals surface area contributed by atoms with Gasteiger partial charge < -0.3 is 20.5 Å². The van der Waals surface area contributed by atoms with Crippen molar-refractivity contribution < 1.29 is 14.3 Å². The second kappa shape index (κ2) is 5.09. The number of amides is 1. The van der Waals surface area contributed by atoms with Crippen LogP contribution in [-0.2, 0) is 4.74 Å². The Labute approximate surface area is 113 Å². The molecule has 1 heterocycles. The molecule has 2 unspecified atom stereocenters. The van der Waals surface area contributed by atoms with Crippen LogP contribution in [0.2, 0.25) is 0 Å². The van der Waals surface area contributed by atoms with Crippen LogP contribution in [0.25, 0.3) is 0 Å². The maximum Gasteiger partial charge on any atom is 0.252 e. The van der Waals surface area contributed by atoms with Gasteiger partial charge in [-0.15, -0.1) is 0 Å². The minimum atomic E-state index is -0.338. The Morgan fingerprint density at radius 3 is 2.84 bits per heavy atom. The average molecular weight is 264 g/mol. The van der Waals surface area contributed by atoms with Gasteiger partial charge in [-0.1, -0.05) is 0 Å². The Bertz CT molecular complexity index is 490. The summed E-state index contributed by atoms with van der Waals surface area (Å²) in [6.45, 7) is 4.62. The summed E-state index contributed by atoms with van der Waals surface area (Å²) in [6, 6.07) is 5.00. The molecule has 1 aromatic carbocycles. The fourth-order valence-corrected chi connectivity index (χ4v) is 2.20. The number of carbonyl (C=O) groups excluding carboxylic acids is 1. The third kappa shape index (κ3) is 2.81. The highest BCUT2D eigenvalue weighted by molar-refractivity contribution is 5.96. The number of anilines is 1. The third-order valence-corrected chi connectivity index (χ3v) is 3.71. The zero-order chi connectivity index (χ0) is 14.0. The molecule has 2 rings (SSSR count). The molecule has 3 N–H and O–H groups in total. The maximum atomic E-state index is 12.3. The molecule has 0 aliphatic carbocycles. The number of hydrogen-bond acceptors (Lipinski definition) is 4. The molecule has 2 atom stereocenters. The lowest BCUT2D eigenvalue weighted by molar-refractivity contribution is 0.0727. The topological polar surface area (TPSA) is 73.6 Å². The first-order valence-electron chi connectivity index (χ1n) is 6.33. The number of nitrogen functional groups attached to an aromatic ring is 1. The summed E-state index contributed by atoms with van der Waals surface area (Å²) in [6.07, 6.45) is 0.804. The monoisotopic (exact) mass is 264 g/mol. The molecule has 0 saturated carbocycles. The molecular weight excluding hydrogens is 244 g/mol. The van der Waals surface area contributed by atoms with Gasteiger partial charge in [0.1, 0.15) is 5.75 Å². The van der Waals surface area contributed by atoms with Gasteiger partial charge in [0.25, 0.3) is 5.91 Å². The van der Waals surface area contributed by atoms with Gasteiger partial charge in [0.2, 0.25) is 0 Å². The van der Waals surface area contributed by atoms with Crippen molar-refractivity contribution in [3.05, 3.63) is 23.8 Å². The average Bonchev–Trinajstić information content (AvgIpc) is 2.68. The van der Waals surface area contributed by atoms with Gasteiger partial charge in [-0.2, -0.15) is 0 Å². The highest BCUT2D eigenvalue weighted by Crippen LogP contribution is 2.26. The standard InChI is InChI=1S/C14H20N2O3/c1-9-14(2,4-5-19-9)16-13(17)10-6-11(15)8-12(7-10)18-3/h6-9H,4-5,15H2,1-3H3,(H,16,17). The van der Waals surface area contributed by atoms with E-state index in [0.717, 1.165) is 6.42 Å². The largest absolute Gasteiger partial charge is 0.497 e. The van der Waals surface area contributed by atoms with Crippen LogP contribution < -0.4 is 15.8 Å². The van der Waals surface area contributed by atoms with Crippen molar-refractivity contribution in [2.24, 2.45) is 0 Å². The third-order valence-electron chi connectivity index (χ3n) is 3.71. The summed E-state index contributed by atoms with van der Waals surface area (Å²) in [7, 11) is 1.55. The van der Waals surface area contributed by atoms with Crippen LogP contribution >= 0.6 is 0 Å². The summed E-state index contributed by atoms with van der Waals surface area (Å²) in [4.78, 5) is 12.3. The van der Waals surface area contributed by atoms with Gasteiger partial charge >= 0.3 is 0 Å². The number of hydrogen-bond donors (Lipinski definition) is 2. The van der Waals surface area contributed by atoms with E-state index in [1.165, 1.54) is 0 Å². The predicted molar refractivity (Wildman–Crippen MR) is 73.3 cm³/mol. The first kappa shape index (κ1) is 13.7. The van der Waals surface area contributed by atoms with Crippen molar-refractivity contribution in [3.63, 3.8) is 0 Å². The van der Waals surface area contributed by atoms with E-state index in [0.29, 0.717) is 23.6 Å². The van der Waals surface area contributed by atoms with E-state index in [-0.39, 0.29) is 17.6 Å². The Hall–Kier alpha value is -1.75. The number of ether oxygens (including phenoxy) is 2. The van der Waals surface area contributed by atoms with Gasteiger partial charge in [-0.05, 0) is 32.4 Å². The number of rotatable bonds is 3. The first-order chi connectivity index (χ1) is 8.94. The Morgan fingerprint density at radius 2 is 2.26 bits per heavy atom. The molecule has 0 bridgehead atoms. The molecule has 104 valence electrons. The van der Waals surface area contributed by atoms with Crippen LogP contribution in [0.1, 0.15) is 30.6 Å². The molecular formula is C14H20N2O3. The molecule has 5 heteroatoms. The Balaban J connectivity index is 2.18. The molecule has 1 amide bonds. The summed E-state index contributed by atoms with van der Waals surface area (Å²) >= 11 is 0. The van der Waals surface area contributed by atoms with Gasteiger partial charge in [0.05, 0.1) is 18.8 Å². The first-order valence-corrected chi connectivity index (χ1v) is 6.33. The van der Waals surface area contributed by atoms with Crippen molar-refractivity contribution in [3.8, 4) is 5.75 Å². The number of benzene rings is 1. The molecule has 1 fully saturated rings. The molecule has 1 aliphatic heterocycles. The van der Waals surface area contributed by atoms with E-state index in [9.17, 15) is 4.79 Å². The maximum absolute atomic E-state index is 12.3. The minimum Gasteiger partial charge on any atom is -0.497 e. The summed E-state index contributed by atoms with van der Waals surface area (Å²) in [5.74, 6) is 0.413. The van der Waals surface area contributed by atoms with Crippen LogP contribution in [0.4, 0.5) is 5.69 Å². The number of carbonyl (C=O) groups is 1. The fraction of sp³-hybridized carbons (Fsp3) is 0.500. The van der Waals surface area contributed by atoms with E-state index in [1.54, 1.807) is 25.3 Å². The van der Waals surface area contributed by atoms with Gasteiger partial charge in [0.15, 0.2) is 0 Å². The molecule has 1 saturated heterocycles. The molecule has 0 radical (unpaired) electrons. The van der Waals surface area contributed by atoms with Crippen LogP contribution in [0.3, 0.4) is 0 Å². The van der Waals surface area contributed by atoms with Crippen molar-refractivity contribution in [2.45, 2.75) is 31.9 Å². The molecule has 1 aromatic rings. The van der Waals surface area contributed by atoms with E-state index in [1.807, 2.05) is 13.8 Å². The molecule has 1 aliphatic rings. The van der Waals surface area contributed by atoms with E-state index < -0.39 is 0 Å². The minimum absolute atomic E-state index is 0.000551. The lowest BCUT2D eigenvalue weighted by Gasteiger charge is -2.29. The number of nitrogens with one attached hydrogen (secondary N) is 1. The normalized spacial score (nSPS) is 26.2. The molecule has 5 nitrogen and oxygen atoms in total. The zero-order valence-electron chi connectivity index (χ0n) is 11.5. The highest BCUT2D eigenvalue weighted by atomic mass is 16.5. The Morgan fingerprint density at radius 1 is 1.53 bits per heavy atom. The lowest BCUT2D eigenvalue weighted by atomic mass is 9.94. The zero-order valence-corrected chi connectivity index (χ0v) is 11.5. The van der Waals surface area contributed by atoms with Crippen LogP contribution in [0, 0.1) is 0 Å². The lowest BCUT2D eigenvalue weighted by Crippen LogP contribution is -2.50. The fourth-order valence-electron chi connectivity index (χ4n) is 2.20. The number of methoxy groups -OCH3 is 1. The second-order valence-electron chi connectivity index (χ2n) is 5.13. The SMILES string of the molecule is COc1cc(N)cc(C(=O)NC2(C)CCOC2C)c1. The highest BCUT2D eigenvalue weighted by Gasteiger charge is 2.38. The van der Waals surface area contributed by atoms with E-state index in [2.05, 4.69) is 5.32 Å². The predicted octanol–water partition coefficient (Wildman–Crippen LogP) is 1.57. The van der Waals surface area contributed by atoms with Crippen LogP contribution in [-0.4, -0.2) is 31.3 Å². The molecule has 0 spiro atoms. The smallest absolute Gasteiger partial charge is 0.252 e. The van der Waals surface area contributed by atoms with Crippen molar-refractivity contribution in [2.75, 3.05) is 19.5 Å². The summed E-state index contributed by atoms with van der Waals surface area (Å²) in [5.41, 5.74) is 6.42. The van der Waals surface area contributed by atoms with Crippen LogP contribution in [0.5, 0.6) is 5.75 Å². The number of nitrogens with two attached hydrogens (primary N) is 1. The molecule has 0 aromatic heterocycles. The van der Waals surface area contributed by atoms with Crippen molar-refractivity contribution >= 4 is 11.6 Å². The van der Waals surface area contributed by atoms with Crippen molar-refractivity contribution in [1.82, 2.24) is 5.32 Å². The Kier molecular flexibility index (Phi) is 3.66. The van der Waals surface area contributed by atoms with Gasteiger partial charge in [-0.25, -0.2) is 0 Å².